The molecule has 1 aliphatic heterocycles. The van der Waals surface area contributed by atoms with Crippen molar-refractivity contribution in [3.63, 3.8) is 0 Å². The Kier molecular flexibility index (Phi) is 4.10. The van der Waals surface area contributed by atoms with Crippen LogP contribution in [0, 0.1) is 6.92 Å². The highest BCUT2D eigenvalue weighted by atomic mass is 16.5. The second-order valence-electron chi connectivity index (χ2n) is 5.52. The van der Waals surface area contributed by atoms with E-state index in [1.54, 1.807) is 6.33 Å². The summed E-state index contributed by atoms with van der Waals surface area (Å²) in [5.41, 5.74) is 3.54. The molecule has 0 aromatic carbocycles. The number of rotatable bonds is 4. The lowest BCUT2D eigenvalue weighted by Gasteiger charge is -2.20. The van der Waals surface area contributed by atoms with Crippen molar-refractivity contribution in [2.24, 2.45) is 0 Å². The molecule has 1 atom stereocenters. The lowest BCUT2D eigenvalue weighted by molar-refractivity contribution is 0.193. The first kappa shape index (κ1) is 13.9. The molecular weight excluding hydrogens is 264 g/mol. The van der Waals surface area contributed by atoms with E-state index in [0.29, 0.717) is 5.92 Å². The summed E-state index contributed by atoms with van der Waals surface area (Å²) < 4.78 is 5.44. The molecule has 110 valence electrons. The predicted molar refractivity (Wildman–Crippen MR) is 81.3 cm³/mol. The van der Waals surface area contributed by atoms with Crippen molar-refractivity contribution in [3.8, 4) is 0 Å². The van der Waals surface area contributed by atoms with Crippen LogP contribution in [0.15, 0.2) is 30.9 Å². The summed E-state index contributed by atoms with van der Waals surface area (Å²) in [6, 6.07) is 4.13. The van der Waals surface area contributed by atoms with E-state index >= 15 is 0 Å². The SMILES string of the molecule is Cc1cnccc1CN(C)c1cc([C@H]2CCOC2)ncn1. The van der Waals surface area contributed by atoms with Gasteiger partial charge in [-0.3, -0.25) is 4.98 Å². The molecule has 1 aliphatic rings. The van der Waals surface area contributed by atoms with Crippen LogP contribution in [0.4, 0.5) is 5.82 Å². The largest absolute Gasteiger partial charge is 0.381 e. The smallest absolute Gasteiger partial charge is 0.132 e. The molecule has 2 aromatic rings. The molecule has 3 heterocycles. The van der Waals surface area contributed by atoms with Crippen LogP contribution in [0.5, 0.6) is 0 Å². The Hall–Kier alpha value is -2.01. The van der Waals surface area contributed by atoms with Gasteiger partial charge in [-0.1, -0.05) is 0 Å². The summed E-state index contributed by atoms with van der Waals surface area (Å²) in [5, 5.41) is 0. The fraction of sp³-hybridized carbons (Fsp3) is 0.438. The minimum absolute atomic E-state index is 0.405. The number of hydrogen-bond acceptors (Lipinski definition) is 5. The molecule has 21 heavy (non-hydrogen) atoms. The quantitative estimate of drug-likeness (QED) is 0.862. The summed E-state index contributed by atoms with van der Waals surface area (Å²) >= 11 is 0. The minimum Gasteiger partial charge on any atom is -0.381 e. The van der Waals surface area contributed by atoms with Crippen molar-refractivity contribution in [3.05, 3.63) is 47.7 Å². The van der Waals surface area contributed by atoms with Gasteiger partial charge in [0.2, 0.25) is 0 Å². The minimum atomic E-state index is 0.405. The normalized spacial score (nSPS) is 17.9. The molecule has 0 spiro atoms. The van der Waals surface area contributed by atoms with Gasteiger partial charge in [-0.05, 0) is 30.5 Å². The summed E-state index contributed by atoms with van der Waals surface area (Å²) in [6.45, 7) is 4.49. The fourth-order valence-electron chi connectivity index (χ4n) is 2.58. The third kappa shape index (κ3) is 3.19. The van der Waals surface area contributed by atoms with Crippen molar-refractivity contribution >= 4 is 5.82 Å². The molecule has 2 aromatic heterocycles. The lowest BCUT2D eigenvalue weighted by Crippen LogP contribution is -2.19. The van der Waals surface area contributed by atoms with E-state index in [2.05, 4.69) is 46.0 Å². The van der Waals surface area contributed by atoms with Gasteiger partial charge in [0, 0.05) is 44.6 Å². The van der Waals surface area contributed by atoms with Crippen LogP contribution in [0.25, 0.3) is 0 Å². The summed E-state index contributed by atoms with van der Waals surface area (Å²) in [5.74, 6) is 1.35. The molecular formula is C16H20N4O. The second kappa shape index (κ2) is 6.18. The number of anilines is 1. The number of aromatic nitrogens is 3. The van der Waals surface area contributed by atoms with Crippen LogP contribution in [-0.4, -0.2) is 35.2 Å². The van der Waals surface area contributed by atoms with Gasteiger partial charge >= 0.3 is 0 Å². The molecule has 0 N–H and O–H groups in total. The third-order valence-electron chi connectivity index (χ3n) is 3.96. The molecule has 0 saturated carbocycles. The van der Waals surface area contributed by atoms with Gasteiger partial charge in [0.25, 0.3) is 0 Å². The zero-order valence-electron chi connectivity index (χ0n) is 12.5. The first-order valence-electron chi connectivity index (χ1n) is 7.24. The standard InChI is InChI=1S/C16H20N4O/c1-12-8-17-5-3-13(12)9-20(2)16-7-15(18-11-19-16)14-4-6-21-10-14/h3,5,7-8,11,14H,4,6,9-10H2,1-2H3/t14-/m0/s1. The van der Waals surface area contributed by atoms with Gasteiger partial charge in [-0.25, -0.2) is 9.97 Å². The molecule has 5 heteroatoms. The Morgan fingerprint density at radius 1 is 1.38 bits per heavy atom. The summed E-state index contributed by atoms with van der Waals surface area (Å²) in [4.78, 5) is 15.1. The van der Waals surface area contributed by atoms with Gasteiger partial charge in [-0.2, -0.15) is 0 Å². The van der Waals surface area contributed by atoms with E-state index in [9.17, 15) is 0 Å². The molecule has 0 amide bonds. The molecule has 0 unspecified atom stereocenters. The average molecular weight is 284 g/mol. The number of hydrogen-bond donors (Lipinski definition) is 0. The van der Waals surface area contributed by atoms with E-state index in [0.717, 1.165) is 37.7 Å². The van der Waals surface area contributed by atoms with E-state index in [-0.39, 0.29) is 0 Å². The molecule has 0 radical (unpaired) electrons. The van der Waals surface area contributed by atoms with Crippen LogP contribution in [0.3, 0.4) is 0 Å². The number of pyridine rings is 1. The van der Waals surface area contributed by atoms with Gasteiger partial charge in [-0.15, -0.1) is 0 Å². The van der Waals surface area contributed by atoms with Crippen molar-refractivity contribution in [2.45, 2.75) is 25.8 Å². The van der Waals surface area contributed by atoms with Gasteiger partial charge in [0.15, 0.2) is 0 Å². The Bertz CT molecular complexity index is 611. The first-order valence-corrected chi connectivity index (χ1v) is 7.24. The molecule has 1 saturated heterocycles. The first-order chi connectivity index (χ1) is 10.2. The lowest BCUT2D eigenvalue weighted by atomic mass is 10.0. The van der Waals surface area contributed by atoms with E-state index in [4.69, 9.17) is 4.74 Å². The summed E-state index contributed by atoms with van der Waals surface area (Å²) in [7, 11) is 2.05. The Morgan fingerprint density at radius 2 is 2.29 bits per heavy atom. The van der Waals surface area contributed by atoms with Crippen LogP contribution >= 0.6 is 0 Å². The number of ether oxygens (including phenoxy) is 1. The van der Waals surface area contributed by atoms with Gasteiger partial charge < -0.3 is 9.64 Å². The maximum atomic E-state index is 5.44. The van der Waals surface area contributed by atoms with E-state index in [1.807, 2.05) is 12.4 Å². The van der Waals surface area contributed by atoms with Gasteiger partial charge in [0.1, 0.15) is 12.1 Å². The average Bonchev–Trinajstić information content (AvgIpc) is 3.04. The molecule has 0 bridgehead atoms. The maximum Gasteiger partial charge on any atom is 0.132 e. The highest BCUT2D eigenvalue weighted by molar-refractivity contribution is 5.40. The topological polar surface area (TPSA) is 51.1 Å². The van der Waals surface area contributed by atoms with Crippen LogP contribution in [0.1, 0.15) is 29.2 Å². The molecule has 3 rings (SSSR count). The van der Waals surface area contributed by atoms with Crippen molar-refractivity contribution in [1.29, 1.82) is 0 Å². The fourth-order valence-corrected chi connectivity index (χ4v) is 2.58. The highest BCUT2D eigenvalue weighted by Crippen LogP contribution is 2.25. The number of aryl methyl sites for hydroxylation is 1. The molecule has 1 fully saturated rings. The van der Waals surface area contributed by atoms with Crippen molar-refractivity contribution in [1.82, 2.24) is 15.0 Å². The zero-order chi connectivity index (χ0) is 14.7. The number of nitrogens with zero attached hydrogens (tertiary/aromatic N) is 4. The van der Waals surface area contributed by atoms with Crippen LogP contribution in [-0.2, 0) is 11.3 Å². The molecule has 0 aliphatic carbocycles. The highest BCUT2D eigenvalue weighted by Gasteiger charge is 2.20. The maximum absolute atomic E-state index is 5.44. The summed E-state index contributed by atoms with van der Waals surface area (Å²) in [6.07, 6.45) is 6.42. The predicted octanol–water partition coefficient (Wildman–Crippen LogP) is 2.32. The van der Waals surface area contributed by atoms with Gasteiger partial charge in [0.05, 0.1) is 12.3 Å². The monoisotopic (exact) mass is 284 g/mol. The van der Waals surface area contributed by atoms with E-state index < -0.39 is 0 Å². The Labute approximate surface area is 125 Å². The third-order valence-corrected chi connectivity index (χ3v) is 3.96. The Balaban J connectivity index is 1.76. The second-order valence-corrected chi connectivity index (χ2v) is 5.52. The van der Waals surface area contributed by atoms with Crippen molar-refractivity contribution in [2.75, 3.05) is 25.2 Å². The van der Waals surface area contributed by atoms with Crippen molar-refractivity contribution < 1.29 is 4.74 Å². The van der Waals surface area contributed by atoms with E-state index in [1.165, 1.54) is 11.1 Å². The molecule has 5 nitrogen and oxygen atoms in total. The Morgan fingerprint density at radius 3 is 3.05 bits per heavy atom. The van der Waals surface area contributed by atoms with Crippen LogP contribution in [0.2, 0.25) is 0 Å². The zero-order valence-corrected chi connectivity index (χ0v) is 12.5. The van der Waals surface area contributed by atoms with Crippen LogP contribution < -0.4 is 4.90 Å².